The van der Waals surface area contributed by atoms with Crippen LogP contribution in [0.5, 0.6) is 0 Å². The molecule has 14 heavy (non-hydrogen) atoms. The predicted molar refractivity (Wildman–Crippen MR) is 56.8 cm³/mol. The molecule has 3 heteroatoms. The normalized spacial score (nSPS) is 11.5. The van der Waals surface area contributed by atoms with E-state index in [-0.39, 0.29) is 6.61 Å². The zero-order valence-corrected chi connectivity index (χ0v) is 7.77. The number of H-pyrrole nitrogens is 1. The first-order valence-corrected chi connectivity index (χ1v) is 4.60. The molecule has 0 atom stereocenters. The van der Waals surface area contributed by atoms with Crippen LogP contribution in [0.2, 0.25) is 0 Å². The monoisotopic (exact) mass is 188 g/mol. The molecule has 0 radical (unpaired) electrons. The lowest BCUT2D eigenvalue weighted by atomic mass is 10.2. The highest BCUT2D eigenvalue weighted by Crippen LogP contribution is 2.12. The van der Waals surface area contributed by atoms with E-state index in [9.17, 15) is 0 Å². The zero-order chi connectivity index (χ0) is 9.80. The lowest BCUT2D eigenvalue weighted by molar-refractivity contribution is 0.303. The van der Waals surface area contributed by atoms with Gasteiger partial charge in [0.2, 0.25) is 0 Å². The Hall–Kier alpha value is -1.61. The number of aromatic nitrogens is 2. The van der Waals surface area contributed by atoms with Gasteiger partial charge in [-0.1, -0.05) is 18.2 Å². The van der Waals surface area contributed by atoms with Gasteiger partial charge >= 0.3 is 0 Å². The molecule has 0 fully saturated rings. The van der Waals surface area contributed by atoms with Crippen LogP contribution in [0.1, 0.15) is 12.0 Å². The molecular formula is C11H12N2O. The fourth-order valence-corrected chi connectivity index (χ4v) is 1.35. The number of aliphatic hydroxyl groups is 1. The van der Waals surface area contributed by atoms with Crippen molar-refractivity contribution in [2.24, 2.45) is 0 Å². The summed E-state index contributed by atoms with van der Waals surface area (Å²) in [5.41, 5.74) is 3.13. The van der Waals surface area contributed by atoms with Crippen LogP contribution in [0.3, 0.4) is 0 Å². The Morgan fingerprint density at radius 2 is 2.36 bits per heavy atom. The van der Waals surface area contributed by atoms with Gasteiger partial charge in [0.1, 0.15) is 0 Å². The summed E-state index contributed by atoms with van der Waals surface area (Å²) >= 11 is 0. The highest BCUT2D eigenvalue weighted by Gasteiger charge is 1.94. The highest BCUT2D eigenvalue weighted by molar-refractivity contribution is 5.77. The van der Waals surface area contributed by atoms with Crippen LogP contribution in [-0.4, -0.2) is 21.7 Å². The van der Waals surface area contributed by atoms with E-state index >= 15 is 0 Å². The van der Waals surface area contributed by atoms with Gasteiger partial charge in [0, 0.05) is 6.61 Å². The predicted octanol–water partition coefficient (Wildman–Crippen LogP) is 1.96. The lowest BCUT2D eigenvalue weighted by Gasteiger charge is -1.93. The van der Waals surface area contributed by atoms with Crippen molar-refractivity contribution in [1.29, 1.82) is 0 Å². The first kappa shape index (κ1) is 8.97. The van der Waals surface area contributed by atoms with Gasteiger partial charge in [-0.2, -0.15) is 0 Å². The van der Waals surface area contributed by atoms with Crippen molar-refractivity contribution in [3.63, 3.8) is 0 Å². The van der Waals surface area contributed by atoms with Gasteiger partial charge in [0.05, 0.1) is 17.4 Å². The summed E-state index contributed by atoms with van der Waals surface area (Å²) in [5.74, 6) is 0. The number of rotatable bonds is 3. The van der Waals surface area contributed by atoms with E-state index in [1.165, 1.54) is 0 Å². The van der Waals surface area contributed by atoms with Crippen LogP contribution in [0.25, 0.3) is 17.1 Å². The van der Waals surface area contributed by atoms with Crippen LogP contribution in [0.15, 0.2) is 30.6 Å². The second-order valence-corrected chi connectivity index (χ2v) is 3.09. The fourth-order valence-electron chi connectivity index (χ4n) is 1.35. The third-order valence-electron chi connectivity index (χ3n) is 2.05. The Labute approximate surface area is 82.1 Å². The van der Waals surface area contributed by atoms with Crippen molar-refractivity contribution >= 4 is 17.1 Å². The van der Waals surface area contributed by atoms with Crippen molar-refractivity contribution in [2.75, 3.05) is 6.61 Å². The summed E-state index contributed by atoms with van der Waals surface area (Å²) in [7, 11) is 0. The minimum absolute atomic E-state index is 0.197. The first-order chi connectivity index (χ1) is 6.90. The van der Waals surface area contributed by atoms with Gasteiger partial charge in [0.15, 0.2) is 0 Å². The number of imidazole rings is 1. The third kappa shape index (κ3) is 1.83. The van der Waals surface area contributed by atoms with Crippen molar-refractivity contribution in [1.82, 2.24) is 9.97 Å². The molecule has 2 rings (SSSR count). The maximum absolute atomic E-state index is 8.62. The number of benzene rings is 1. The number of nitrogens with zero attached hydrogens (tertiary/aromatic N) is 1. The summed E-state index contributed by atoms with van der Waals surface area (Å²) in [4.78, 5) is 7.19. The van der Waals surface area contributed by atoms with Crippen molar-refractivity contribution < 1.29 is 5.11 Å². The van der Waals surface area contributed by atoms with E-state index < -0.39 is 0 Å². The van der Waals surface area contributed by atoms with E-state index in [4.69, 9.17) is 5.11 Å². The number of nitrogens with one attached hydrogen (secondary N) is 1. The maximum atomic E-state index is 8.62. The van der Waals surface area contributed by atoms with E-state index in [1.54, 1.807) is 6.33 Å². The maximum Gasteiger partial charge on any atom is 0.0931 e. The standard InChI is InChI=1S/C11H12N2O/c14-6-2-1-3-9-4-5-10-11(7-9)13-8-12-10/h1,3-5,7-8,14H,2,6H2,(H,12,13). The Kier molecular flexibility index (Phi) is 2.60. The molecule has 72 valence electrons. The van der Waals surface area contributed by atoms with Gasteiger partial charge in [0.25, 0.3) is 0 Å². The molecule has 0 spiro atoms. The van der Waals surface area contributed by atoms with Gasteiger partial charge in [-0.3, -0.25) is 0 Å². The number of aliphatic hydroxyl groups excluding tert-OH is 1. The Morgan fingerprint density at radius 3 is 3.21 bits per heavy atom. The molecule has 0 bridgehead atoms. The molecule has 0 saturated heterocycles. The molecule has 0 aliphatic carbocycles. The second kappa shape index (κ2) is 4.07. The number of hydrogen-bond donors (Lipinski definition) is 2. The van der Waals surface area contributed by atoms with Crippen LogP contribution < -0.4 is 0 Å². The molecule has 1 heterocycles. The molecular weight excluding hydrogens is 176 g/mol. The molecule has 1 aromatic carbocycles. The molecule has 0 aliphatic rings. The number of hydrogen-bond acceptors (Lipinski definition) is 2. The van der Waals surface area contributed by atoms with Crippen LogP contribution in [0.4, 0.5) is 0 Å². The Morgan fingerprint density at radius 1 is 1.43 bits per heavy atom. The van der Waals surface area contributed by atoms with Crippen LogP contribution >= 0.6 is 0 Å². The van der Waals surface area contributed by atoms with E-state index in [0.717, 1.165) is 16.6 Å². The summed E-state index contributed by atoms with van der Waals surface area (Å²) in [6, 6.07) is 6.03. The number of aromatic amines is 1. The second-order valence-electron chi connectivity index (χ2n) is 3.09. The summed E-state index contributed by atoms with van der Waals surface area (Å²) in [6.45, 7) is 0.197. The number of fused-ring (bicyclic) bond motifs is 1. The smallest absolute Gasteiger partial charge is 0.0931 e. The topological polar surface area (TPSA) is 48.9 Å². The van der Waals surface area contributed by atoms with E-state index in [1.807, 2.05) is 30.4 Å². The molecule has 3 nitrogen and oxygen atoms in total. The third-order valence-corrected chi connectivity index (χ3v) is 2.05. The minimum atomic E-state index is 0.197. The average molecular weight is 188 g/mol. The molecule has 1 aromatic heterocycles. The molecule has 0 saturated carbocycles. The van der Waals surface area contributed by atoms with Gasteiger partial charge in [-0.25, -0.2) is 4.98 Å². The molecule has 0 unspecified atom stereocenters. The van der Waals surface area contributed by atoms with E-state index in [2.05, 4.69) is 9.97 Å². The van der Waals surface area contributed by atoms with Crippen molar-refractivity contribution in [3.8, 4) is 0 Å². The minimum Gasteiger partial charge on any atom is -0.396 e. The largest absolute Gasteiger partial charge is 0.396 e. The van der Waals surface area contributed by atoms with Gasteiger partial charge in [-0.05, 0) is 24.1 Å². The van der Waals surface area contributed by atoms with Crippen molar-refractivity contribution in [2.45, 2.75) is 6.42 Å². The molecule has 2 aromatic rings. The molecule has 0 aliphatic heterocycles. The summed E-state index contributed by atoms with van der Waals surface area (Å²) in [5, 5.41) is 8.62. The summed E-state index contributed by atoms with van der Waals surface area (Å²) < 4.78 is 0. The SMILES string of the molecule is OCCC=Cc1ccc2nc[nH]c2c1. The van der Waals surface area contributed by atoms with Gasteiger partial charge in [-0.15, -0.1) is 0 Å². The summed E-state index contributed by atoms with van der Waals surface area (Å²) in [6.07, 6.45) is 6.33. The van der Waals surface area contributed by atoms with Crippen LogP contribution in [-0.2, 0) is 0 Å². The fraction of sp³-hybridized carbons (Fsp3) is 0.182. The van der Waals surface area contributed by atoms with Gasteiger partial charge < -0.3 is 10.1 Å². The van der Waals surface area contributed by atoms with Crippen LogP contribution in [0, 0.1) is 0 Å². The highest BCUT2D eigenvalue weighted by atomic mass is 16.2. The molecule has 0 amide bonds. The first-order valence-electron chi connectivity index (χ1n) is 4.60. The zero-order valence-electron chi connectivity index (χ0n) is 7.77. The Balaban J connectivity index is 2.25. The quantitative estimate of drug-likeness (QED) is 0.773. The van der Waals surface area contributed by atoms with Crippen molar-refractivity contribution in [3.05, 3.63) is 36.2 Å². The average Bonchev–Trinajstić information content (AvgIpc) is 2.65. The van der Waals surface area contributed by atoms with E-state index in [0.29, 0.717) is 6.42 Å². The molecule has 2 N–H and O–H groups in total. The lowest BCUT2D eigenvalue weighted by Crippen LogP contribution is -1.77. The Bertz CT molecular complexity index is 445.